The van der Waals surface area contributed by atoms with Gasteiger partial charge in [0.25, 0.3) is 11.8 Å². The lowest BCUT2D eigenvalue weighted by Gasteiger charge is -2.18. The van der Waals surface area contributed by atoms with E-state index >= 15 is 0 Å². The van der Waals surface area contributed by atoms with Crippen molar-refractivity contribution in [2.75, 3.05) is 13.2 Å². The van der Waals surface area contributed by atoms with Crippen LogP contribution in [0.15, 0.2) is 24.3 Å². The highest BCUT2D eigenvalue weighted by molar-refractivity contribution is 5.81. The van der Waals surface area contributed by atoms with Gasteiger partial charge in [0, 0.05) is 12.6 Å². The molecule has 1 fully saturated rings. The van der Waals surface area contributed by atoms with Crippen LogP contribution >= 0.6 is 0 Å². The molecule has 0 aliphatic carbocycles. The van der Waals surface area contributed by atoms with Gasteiger partial charge < -0.3 is 20.1 Å². The number of rotatable bonds is 7. The van der Waals surface area contributed by atoms with Crippen molar-refractivity contribution in [3.8, 4) is 11.5 Å². The monoisotopic (exact) mass is 348 g/mol. The summed E-state index contributed by atoms with van der Waals surface area (Å²) in [5.74, 6) is 1.38. The van der Waals surface area contributed by atoms with Crippen LogP contribution < -0.4 is 20.1 Å². The van der Waals surface area contributed by atoms with E-state index in [0.717, 1.165) is 19.3 Å². The average Bonchev–Trinajstić information content (AvgIpc) is 2.79. The molecular weight excluding hydrogens is 320 g/mol. The Balaban J connectivity index is 1.81. The average molecular weight is 348 g/mol. The highest BCUT2D eigenvalue weighted by atomic mass is 16.5. The molecule has 0 aromatic heterocycles. The molecule has 2 atom stereocenters. The van der Waals surface area contributed by atoms with Crippen LogP contribution in [0, 0.1) is 5.92 Å². The summed E-state index contributed by atoms with van der Waals surface area (Å²) in [5.41, 5.74) is 0. The van der Waals surface area contributed by atoms with Crippen LogP contribution in [0.3, 0.4) is 0 Å². The summed E-state index contributed by atoms with van der Waals surface area (Å²) in [5, 5.41) is 5.74. The van der Waals surface area contributed by atoms with E-state index in [4.69, 9.17) is 9.47 Å². The van der Waals surface area contributed by atoms with Crippen molar-refractivity contribution in [2.45, 2.75) is 52.2 Å². The summed E-state index contributed by atoms with van der Waals surface area (Å²) in [7, 11) is 0. The van der Waals surface area contributed by atoms with E-state index in [9.17, 15) is 9.59 Å². The fourth-order valence-electron chi connectivity index (χ4n) is 2.41. The Hall–Kier alpha value is -2.24. The number of amides is 2. The number of hydrogen-bond donors (Lipinski definition) is 2. The molecule has 0 spiro atoms. The lowest BCUT2D eigenvalue weighted by atomic mass is 10.1. The van der Waals surface area contributed by atoms with Gasteiger partial charge in [-0.1, -0.05) is 13.8 Å². The van der Waals surface area contributed by atoms with Gasteiger partial charge in [-0.2, -0.15) is 0 Å². The van der Waals surface area contributed by atoms with Gasteiger partial charge in [0.15, 0.2) is 12.7 Å². The SMILES string of the molecule is CC(C)[C@@H](C)NC(=O)COc1ccc(O[C@@H]2CCCCNC2=O)cc1. The van der Waals surface area contributed by atoms with Crippen molar-refractivity contribution in [3.05, 3.63) is 24.3 Å². The Bertz CT molecular complexity index is 571. The van der Waals surface area contributed by atoms with E-state index in [0.29, 0.717) is 24.0 Å². The molecule has 2 amide bonds. The first-order valence-electron chi connectivity index (χ1n) is 8.92. The predicted molar refractivity (Wildman–Crippen MR) is 95.7 cm³/mol. The van der Waals surface area contributed by atoms with Gasteiger partial charge in [0.2, 0.25) is 0 Å². The molecule has 138 valence electrons. The topological polar surface area (TPSA) is 76.7 Å². The van der Waals surface area contributed by atoms with E-state index in [1.54, 1.807) is 24.3 Å². The maximum absolute atomic E-state index is 11.9. The Morgan fingerprint density at radius 2 is 1.88 bits per heavy atom. The van der Waals surface area contributed by atoms with Gasteiger partial charge in [-0.25, -0.2) is 0 Å². The van der Waals surface area contributed by atoms with Gasteiger partial charge in [0.1, 0.15) is 11.5 Å². The summed E-state index contributed by atoms with van der Waals surface area (Å²) < 4.78 is 11.2. The summed E-state index contributed by atoms with van der Waals surface area (Å²) in [4.78, 5) is 23.7. The molecule has 6 nitrogen and oxygen atoms in total. The maximum atomic E-state index is 11.9. The number of carbonyl (C=O) groups is 2. The van der Waals surface area contributed by atoms with E-state index < -0.39 is 6.10 Å². The molecule has 6 heteroatoms. The quantitative estimate of drug-likeness (QED) is 0.792. The fourth-order valence-corrected chi connectivity index (χ4v) is 2.41. The van der Waals surface area contributed by atoms with E-state index in [-0.39, 0.29) is 24.5 Å². The van der Waals surface area contributed by atoms with Crippen LogP contribution in [0.2, 0.25) is 0 Å². The third-order valence-corrected chi connectivity index (χ3v) is 4.35. The second kappa shape index (κ2) is 9.30. The Kier molecular flexibility index (Phi) is 7.10. The zero-order chi connectivity index (χ0) is 18.2. The van der Waals surface area contributed by atoms with Gasteiger partial charge in [0.05, 0.1) is 0 Å². The molecule has 1 aromatic carbocycles. The first kappa shape index (κ1) is 19.1. The van der Waals surface area contributed by atoms with Crippen molar-refractivity contribution >= 4 is 11.8 Å². The summed E-state index contributed by atoms with van der Waals surface area (Å²) in [6.45, 7) is 6.77. The Morgan fingerprint density at radius 3 is 2.56 bits per heavy atom. The van der Waals surface area contributed by atoms with E-state index in [1.165, 1.54) is 0 Å². The third-order valence-electron chi connectivity index (χ3n) is 4.35. The zero-order valence-electron chi connectivity index (χ0n) is 15.2. The highest BCUT2D eigenvalue weighted by Crippen LogP contribution is 2.20. The number of carbonyl (C=O) groups excluding carboxylic acids is 2. The van der Waals surface area contributed by atoms with Gasteiger partial charge >= 0.3 is 0 Å². The second-order valence-corrected chi connectivity index (χ2v) is 6.75. The molecule has 1 heterocycles. The van der Waals surface area contributed by atoms with Gasteiger partial charge in [-0.15, -0.1) is 0 Å². The van der Waals surface area contributed by atoms with Gasteiger partial charge in [-0.05, 0) is 56.4 Å². The minimum Gasteiger partial charge on any atom is -0.484 e. The lowest BCUT2D eigenvalue weighted by molar-refractivity contribution is -0.127. The second-order valence-electron chi connectivity index (χ2n) is 6.75. The third kappa shape index (κ3) is 6.29. The van der Waals surface area contributed by atoms with Crippen molar-refractivity contribution in [1.82, 2.24) is 10.6 Å². The molecule has 0 unspecified atom stereocenters. The minimum absolute atomic E-state index is 0.0255. The molecule has 25 heavy (non-hydrogen) atoms. The first-order valence-corrected chi connectivity index (χ1v) is 8.92. The molecule has 0 radical (unpaired) electrons. The van der Waals surface area contributed by atoms with E-state index in [1.807, 2.05) is 6.92 Å². The molecule has 0 saturated carbocycles. The first-order chi connectivity index (χ1) is 12.0. The van der Waals surface area contributed by atoms with Crippen molar-refractivity contribution in [2.24, 2.45) is 5.92 Å². The van der Waals surface area contributed by atoms with Crippen molar-refractivity contribution in [3.63, 3.8) is 0 Å². The van der Waals surface area contributed by atoms with Crippen LogP contribution in [-0.4, -0.2) is 37.1 Å². The highest BCUT2D eigenvalue weighted by Gasteiger charge is 2.22. The van der Waals surface area contributed by atoms with Crippen LogP contribution in [-0.2, 0) is 9.59 Å². The number of ether oxygens (including phenoxy) is 2. The lowest BCUT2D eigenvalue weighted by Crippen LogP contribution is -2.38. The van der Waals surface area contributed by atoms with Crippen molar-refractivity contribution < 1.29 is 19.1 Å². The molecule has 1 saturated heterocycles. The molecule has 1 aliphatic heterocycles. The summed E-state index contributed by atoms with van der Waals surface area (Å²) in [6.07, 6.45) is 2.22. The number of benzene rings is 1. The largest absolute Gasteiger partial charge is 0.484 e. The molecule has 2 rings (SSSR count). The normalized spacial score (nSPS) is 18.9. The predicted octanol–water partition coefficient (Wildman–Crippen LogP) is 2.27. The molecule has 0 bridgehead atoms. The number of nitrogens with one attached hydrogen (secondary N) is 2. The van der Waals surface area contributed by atoms with Gasteiger partial charge in [-0.3, -0.25) is 9.59 Å². The van der Waals surface area contributed by atoms with Crippen molar-refractivity contribution in [1.29, 1.82) is 0 Å². The molecule has 1 aromatic rings. The fraction of sp³-hybridized carbons (Fsp3) is 0.579. The Labute approximate surface area is 149 Å². The smallest absolute Gasteiger partial charge is 0.261 e. The summed E-state index contributed by atoms with van der Waals surface area (Å²) >= 11 is 0. The zero-order valence-corrected chi connectivity index (χ0v) is 15.2. The van der Waals surface area contributed by atoms with Crippen LogP contribution in [0.4, 0.5) is 0 Å². The number of hydrogen-bond acceptors (Lipinski definition) is 4. The minimum atomic E-state index is -0.447. The molecule has 1 aliphatic rings. The maximum Gasteiger partial charge on any atom is 0.261 e. The standard InChI is InChI=1S/C19H28N2O4/c1-13(2)14(3)21-18(22)12-24-15-7-9-16(10-8-15)25-17-6-4-5-11-20-19(17)23/h7-10,13-14,17H,4-6,11-12H2,1-3H3,(H,20,23)(H,21,22)/t14-,17-/m1/s1. The Morgan fingerprint density at radius 1 is 1.20 bits per heavy atom. The molecular formula is C19H28N2O4. The van der Waals surface area contributed by atoms with Crippen LogP contribution in [0.1, 0.15) is 40.0 Å². The van der Waals surface area contributed by atoms with Crippen LogP contribution in [0.25, 0.3) is 0 Å². The summed E-state index contributed by atoms with van der Waals surface area (Å²) in [6, 6.07) is 7.09. The van der Waals surface area contributed by atoms with E-state index in [2.05, 4.69) is 24.5 Å². The van der Waals surface area contributed by atoms with Crippen LogP contribution in [0.5, 0.6) is 11.5 Å². The molecule has 2 N–H and O–H groups in total.